The van der Waals surface area contributed by atoms with Gasteiger partial charge in [0.2, 0.25) is 0 Å². The van der Waals surface area contributed by atoms with Crippen molar-refractivity contribution in [3.8, 4) is 0 Å². The largest absolute Gasteiger partial charge is 0.314 e. The first-order valence-corrected chi connectivity index (χ1v) is 8.38. The Morgan fingerprint density at radius 2 is 1.86 bits per heavy atom. The van der Waals surface area contributed by atoms with Crippen LogP contribution in [0.3, 0.4) is 0 Å². The molecule has 1 fully saturated rings. The molecule has 1 heterocycles. The second-order valence-corrected chi connectivity index (χ2v) is 6.46. The fraction of sp³-hybridized carbons (Fsp3) is 0.667. The standard InChI is InChI=1S/C18H31N3/c1-20(2)13-6-12-19-18-10-15-21(16-11-18)14-9-17-7-4-3-5-8-17/h3-5,7-8,18-19H,6,9-16H2,1-2H3. The molecular weight excluding hydrogens is 258 g/mol. The molecule has 21 heavy (non-hydrogen) atoms. The Hall–Kier alpha value is -0.900. The molecule has 0 aromatic heterocycles. The molecule has 1 saturated heterocycles. The topological polar surface area (TPSA) is 18.5 Å². The Balaban J connectivity index is 1.56. The smallest absolute Gasteiger partial charge is 0.00914 e. The first-order valence-electron chi connectivity index (χ1n) is 8.38. The van der Waals surface area contributed by atoms with E-state index in [-0.39, 0.29) is 0 Å². The zero-order chi connectivity index (χ0) is 14.9. The highest BCUT2D eigenvalue weighted by molar-refractivity contribution is 5.14. The van der Waals surface area contributed by atoms with Crippen molar-refractivity contribution in [2.75, 3.05) is 46.8 Å². The predicted molar refractivity (Wildman–Crippen MR) is 90.8 cm³/mol. The normalized spacial score (nSPS) is 17.5. The number of nitrogens with zero attached hydrogens (tertiary/aromatic N) is 2. The summed E-state index contributed by atoms with van der Waals surface area (Å²) < 4.78 is 0. The van der Waals surface area contributed by atoms with Gasteiger partial charge in [-0.1, -0.05) is 30.3 Å². The zero-order valence-corrected chi connectivity index (χ0v) is 13.7. The molecule has 3 nitrogen and oxygen atoms in total. The van der Waals surface area contributed by atoms with Crippen molar-refractivity contribution in [3.05, 3.63) is 35.9 Å². The van der Waals surface area contributed by atoms with E-state index < -0.39 is 0 Å². The van der Waals surface area contributed by atoms with Gasteiger partial charge in [-0.25, -0.2) is 0 Å². The molecule has 0 radical (unpaired) electrons. The number of nitrogens with one attached hydrogen (secondary N) is 1. The summed E-state index contributed by atoms with van der Waals surface area (Å²) in [6.07, 6.45) is 5.04. The molecular formula is C18H31N3. The van der Waals surface area contributed by atoms with Crippen molar-refractivity contribution in [2.45, 2.75) is 31.7 Å². The predicted octanol–water partition coefficient (Wildman–Crippen LogP) is 2.23. The van der Waals surface area contributed by atoms with E-state index >= 15 is 0 Å². The van der Waals surface area contributed by atoms with E-state index in [2.05, 4.69) is 59.5 Å². The fourth-order valence-electron chi connectivity index (χ4n) is 2.99. The van der Waals surface area contributed by atoms with Crippen LogP contribution in [0, 0.1) is 0 Å². The Bertz CT molecular complexity index is 369. The molecule has 0 saturated carbocycles. The minimum absolute atomic E-state index is 0.736. The molecule has 118 valence electrons. The van der Waals surface area contributed by atoms with E-state index in [1.807, 2.05) is 0 Å². The molecule has 1 aliphatic rings. The van der Waals surface area contributed by atoms with Crippen LogP contribution in [0.4, 0.5) is 0 Å². The first-order chi connectivity index (χ1) is 10.2. The van der Waals surface area contributed by atoms with E-state index in [1.54, 1.807) is 0 Å². The summed E-state index contributed by atoms with van der Waals surface area (Å²) in [6, 6.07) is 11.6. The maximum atomic E-state index is 3.72. The van der Waals surface area contributed by atoms with Gasteiger partial charge >= 0.3 is 0 Å². The molecule has 1 aromatic carbocycles. The van der Waals surface area contributed by atoms with Gasteiger partial charge in [-0.05, 0) is 71.5 Å². The molecule has 2 rings (SSSR count). The van der Waals surface area contributed by atoms with E-state index in [0.29, 0.717) is 0 Å². The van der Waals surface area contributed by atoms with Gasteiger partial charge in [-0.15, -0.1) is 0 Å². The minimum Gasteiger partial charge on any atom is -0.314 e. The number of hydrogen-bond donors (Lipinski definition) is 1. The summed E-state index contributed by atoms with van der Waals surface area (Å²) in [6.45, 7) is 6.05. The lowest BCUT2D eigenvalue weighted by Crippen LogP contribution is -2.43. The van der Waals surface area contributed by atoms with Crippen molar-refractivity contribution < 1.29 is 0 Å². The summed E-state index contributed by atoms with van der Waals surface area (Å²) in [5.74, 6) is 0. The van der Waals surface area contributed by atoms with Gasteiger partial charge in [0, 0.05) is 12.6 Å². The van der Waals surface area contributed by atoms with Crippen LogP contribution in [0.25, 0.3) is 0 Å². The zero-order valence-electron chi connectivity index (χ0n) is 13.7. The molecule has 0 amide bonds. The molecule has 0 aliphatic carbocycles. The number of likely N-dealkylation sites (tertiary alicyclic amines) is 1. The number of benzene rings is 1. The van der Waals surface area contributed by atoms with Crippen LogP contribution in [0.2, 0.25) is 0 Å². The van der Waals surface area contributed by atoms with Crippen LogP contribution in [0.5, 0.6) is 0 Å². The highest BCUT2D eigenvalue weighted by Gasteiger charge is 2.18. The van der Waals surface area contributed by atoms with Crippen LogP contribution in [0.15, 0.2) is 30.3 Å². The number of rotatable bonds is 8. The van der Waals surface area contributed by atoms with Crippen LogP contribution >= 0.6 is 0 Å². The van der Waals surface area contributed by atoms with Gasteiger partial charge in [-0.3, -0.25) is 0 Å². The highest BCUT2D eigenvalue weighted by atomic mass is 15.1. The van der Waals surface area contributed by atoms with Crippen LogP contribution in [0.1, 0.15) is 24.8 Å². The summed E-state index contributed by atoms with van der Waals surface area (Å²) in [5, 5.41) is 3.72. The maximum Gasteiger partial charge on any atom is 0.00914 e. The SMILES string of the molecule is CN(C)CCCNC1CCN(CCc2ccccc2)CC1. The molecule has 0 bridgehead atoms. The van der Waals surface area contributed by atoms with E-state index in [9.17, 15) is 0 Å². The lowest BCUT2D eigenvalue weighted by atomic mass is 10.0. The average molecular weight is 289 g/mol. The Labute approximate surface area is 130 Å². The number of piperidine rings is 1. The average Bonchev–Trinajstić information content (AvgIpc) is 2.51. The van der Waals surface area contributed by atoms with Gasteiger partial charge in [0.15, 0.2) is 0 Å². The Kier molecular flexibility index (Phi) is 7.20. The Morgan fingerprint density at radius 1 is 1.14 bits per heavy atom. The van der Waals surface area contributed by atoms with E-state index in [0.717, 1.165) is 12.6 Å². The van der Waals surface area contributed by atoms with E-state index in [4.69, 9.17) is 0 Å². The molecule has 0 unspecified atom stereocenters. The third-order valence-corrected chi connectivity index (χ3v) is 4.36. The van der Waals surface area contributed by atoms with Gasteiger partial charge in [0.05, 0.1) is 0 Å². The van der Waals surface area contributed by atoms with Gasteiger partial charge in [0.1, 0.15) is 0 Å². The Morgan fingerprint density at radius 3 is 2.52 bits per heavy atom. The third-order valence-electron chi connectivity index (χ3n) is 4.36. The fourth-order valence-corrected chi connectivity index (χ4v) is 2.99. The molecule has 0 spiro atoms. The molecule has 1 N–H and O–H groups in total. The highest BCUT2D eigenvalue weighted by Crippen LogP contribution is 2.11. The summed E-state index contributed by atoms with van der Waals surface area (Å²) in [5.41, 5.74) is 1.46. The lowest BCUT2D eigenvalue weighted by molar-refractivity contribution is 0.199. The lowest BCUT2D eigenvalue weighted by Gasteiger charge is -2.32. The summed E-state index contributed by atoms with van der Waals surface area (Å²) in [4.78, 5) is 4.87. The molecule has 1 aromatic rings. The second-order valence-electron chi connectivity index (χ2n) is 6.46. The first kappa shape index (κ1) is 16.5. The monoisotopic (exact) mass is 289 g/mol. The van der Waals surface area contributed by atoms with Crippen LogP contribution in [-0.2, 0) is 6.42 Å². The third kappa shape index (κ3) is 6.60. The van der Waals surface area contributed by atoms with Gasteiger partial charge < -0.3 is 15.1 Å². The van der Waals surface area contributed by atoms with Crippen LogP contribution in [-0.4, -0.2) is 62.7 Å². The molecule has 1 aliphatic heterocycles. The van der Waals surface area contributed by atoms with Crippen molar-refractivity contribution in [2.24, 2.45) is 0 Å². The maximum absolute atomic E-state index is 3.72. The summed E-state index contributed by atoms with van der Waals surface area (Å²) in [7, 11) is 4.29. The van der Waals surface area contributed by atoms with Crippen molar-refractivity contribution in [1.82, 2.24) is 15.1 Å². The van der Waals surface area contributed by atoms with Crippen LogP contribution < -0.4 is 5.32 Å². The van der Waals surface area contributed by atoms with Crippen molar-refractivity contribution in [3.63, 3.8) is 0 Å². The molecule has 3 heteroatoms. The van der Waals surface area contributed by atoms with Crippen molar-refractivity contribution in [1.29, 1.82) is 0 Å². The minimum atomic E-state index is 0.736. The van der Waals surface area contributed by atoms with Crippen molar-refractivity contribution >= 4 is 0 Å². The molecule has 0 atom stereocenters. The van der Waals surface area contributed by atoms with E-state index in [1.165, 1.54) is 57.4 Å². The van der Waals surface area contributed by atoms with Gasteiger partial charge in [0.25, 0.3) is 0 Å². The van der Waals surface area contributed by atoms with Gasteiger partial charge in [-0.2, -0.15) is 0 Å². The second kappa shape index (κ2) is 9.19. The number of hydrogen-bond acceptors (Lipinski definition) is 3. The quantitative estimate of drug-likeness (QED) is 0.741. The summed E-state index contributed by atoms with van der Waals surface area (Å²) >= 11 is 0.